The molecule has 7 heteroatoms. The minimum atomic E-state index is -0.469. The van der Waals surface area contributed by atoms with Crippen LogP contribution in [0.25, 0.3) is 0 Å². The third kappa shape index (κ3) is 6.06. The van der Waals surface area contributed by atoms with Gasteiger partial charge in [-0.25, -0.2) is 14.8 Å². The van der Waals surface area contributed by atoms with E-state index >= 15 is 0 Å². The monoisotopic (exact) mass is 417 g/mol. The quantitative estimate of drug-likeness (QED) is 0.702. The number of amides is 1. The maximum absolute atomic E-state index is 12.4. The predicted octanol–water partition coefficient (Wildman–Crippen LogP) is 3.77. The lowest BCUT2D eigenvalue weighted by Crippen LogP contribution is -2.47. The molecule has 1 aromatic heterocycles. The molecule has 1 aliphatic heterocycles. The molecular formula is C23H39N5O2. The number of hydrogen-bond donors (Lipinski definition) is 0. The first kappa shape index (κ1) is 22.8. The van der Waals surface area contributed by atoms with Crippen LogP contribution in [-0.2, 0) is 11.3 Å². The third-order valence-electron chi connectivity index (χ3n) is 6.08. The number of carbonyl (C=O) groups excluding carboxylic acids is 1. The summed E-state index contributed by atoms with van der Waals surface area (Å²) in [6.45, 7) is 13.7. The Morgan fingerprint density at radius 1 is 1.07 bits per heavy atom. The van der Waals surface area contributed by atoms with Crippen molar-refractivity contribution in [2.45, 2.75) is 78.5 Å². The molecule has 1 saturated carbocycles. The summed E-state index contributed by atoms with van der Waals surface area (Å²) >= 11 is 0. The number of rotatable bonds is 6. The molecule has 3 rings (SSSR count). The molecule has 1 aromatic rings. The molecule has 0 spiro atoms. The highest BCUT2D eigenvalue weighted by Crippen LogP contribution is 2.30. The second-order valence-electron chi connectivity index (χ2n) is 10.1. The van der Waals surface area contributed by atoms with Gasteiger partial charge in [-0.2, -0.15) is 0 Å². The Kier molecular flexibility index (Phi) is 6.90. The molecule has 7 nitrogen and oxygen atoms in total. The van der Waals surface area contributed by atoms with E-state index in [0.717, 1.165) is 55.7 Å². The second kappa shape index (κ2) is 9.08. The van der Waals surface area contributed by atoms with E-state index in [2.05, 4.69) is 30.7 Å². The zero-order chi connectivity index (χ0) is 22.1. The molecule has 0 bridgehead atoms. The van der Waals surface area contributed by atoms with Crippen molar-refractivity contribution in [3.63, 3.8) is 0 Å². The lowest BCUT2D eigenvalue weighted by Gasteiger charge is -2.37. The van der Waals surface area contributed by atoms with Crippen LogP contribution in [0.4, 0.5) is 10.7 Å². The molecule has 0 atom stereocenters. The first-order valence-corrected chi connectivity index (χ1v) is 11.3. The fraction of sp³-hybridized carbons (Fsp3) is 0.783. The number of anilines is 1. The van der Waals surface area contributed by atoms with Gasteiger partial charge in [0.2, 0.25) is 5.95 Å². The fourth-order valence-electron chi connectivity index (χ4n) is 4.10. The molecule has 2 aliphatic rings. The second-order valence-corrected chi connectivity index (χ2v) is 10.1. The highest BCUT2D eigenvalue weighted by atomic mass is 16.6. The number of aromatic nitrogens is 2. The van der Waals surface area contributed by atoms with Gasteiger partial charge in [-0.1, -0.05) is 0 Å². The van der Waals surface area contributed by atoms with Crippen molar-refractivity contribution >= 4 is 12.0 Å². The maximum Gasteiger partial charge on any atom is 0.410 e. The maximum atomic E-state index is 12.4. The van der Waals surface area contributed by atoms with Crippen molar-refractivity contribution in [2.75, 3.05) is 38.6 Å². The molecule has 0 unspecified atom stereocenters. The first-order chi connectivity index (χ1) is 14.0. The van der Waals surface area contributed by atoms with Crippen LogP contribution in [0.2, 0.25) is 0 Å². The molecule has 1 amide bonds. The van der Waals surface area contributed by atoms with E-state index in [9.17, 15) is 4.79 Å². The van der Waals surface area contributed by atoms with E-state index < -0.39 is 5.60 Å². The van der Waals surface area contributed by atoms with Crippen LogP contribution in [0.15, 0.2) is 0 Å². The van der Waals surface area contributed by atoms with Crippen LogP contribution in [-0.4, -0.2) is 71.2 Å². The molecular weight excluding hydrogens is 378 g/mol. The van der Waals surface area contributed by atoms with Gasteiger partial charge in [0.15, 0.2) is 0 Å². The Morgan fingerprint density at radius 3 is 2.13 bits per heavy atom. The van der Waals surface area contributed by atoms with Gasteiger partial charge in [-0.3, -0.25) is 0 Å². The van der Waals surface area contributed by atoms with Crippen LogP contribution in [0.5, 0.6) is 0 Å². The molecule has 168 valence electrons. The van der Waals surface area contributed by atoms with E-state index in [1.807, 2.05) is 27.8 Å². The van der Waals surface area contributed by atoms with Gasteiger partial charge in [-0.05, 0) is 73.3 Å². The van der Waals surface area contributed by atoms with Crippen molar-refractivity contribution in [2.24, 2.45) is 5.92 Å². The minimum absolute atomic E-state index is 0.189. The van der Waals surface area contributed by atoms with Crippen LogP contribution in [0.3, 0.4) is 0 Å². The van der Waals surface area contributed by atoms with E-state index in [1.54, 1.807) is 4.90 Å². The van der Waals surface area contributed by atoms with Crippen molar-refractivity contribution < 1.29 is 9.53 Å². The van der Waals surface area contributed by atoms with Gasteiger partial charge in [0, 0.05) is 56.2 Å². The Bertz CT molecular complexity index is 725. The lowest BCUT2D eigenvalue weighted by molar-refractivity contribution is 0.0200. The molecule has 0 aromatic carbocycles. The smallest absolute Gasteiger partial charge is 0.410 e. The SMILES string of the molecule is Cc1nc(N2CCC(N(C)C(=O)OC(C)(C)C)CC2)nc(C)c1CN(C)CC1CC1. The van der Waals surface area contributed by atoms with Crippen molar-refractivity contribution in [1.82, 2.24) is 19.8 Å². The summed E-state index contributed by atoms with van der Waals surface area (Å²) < 4.78 is 5.51. The van der Waals surface area contributed by atoms with Crippen LogP contribution in [0.1, 0.15) is 63.4 Å². The van der Waals surface area contributed by atoms with E-state index in [-0.39, 0.29) is 12.1 Å². The summed E-state index contributed by atoms with van der Waals surface area (Å²) in [7, 11) is 4.03. The topological polar surface area (TPSA) is 61.8 Å². The van der Waals surface area contributed by atoms with Gasteiger partial charge in [0.25, 0.3) is 0 Å². The molecule has 1 aliphatic carbocycles. The zero-order valence-corrected chi connectivity index (χ0v) is 19.9. The molecule has 1 saturated heterocycles. The summed E-state index contributed by atoms with van der Waals surface area (Å²) in [6, 6.07) is 0.189. The van der Waals surface area contributed by atoms with Crippen LogP contribution in [0, 0.1) is 19.8 Å². The first-order valence-electron chi connectivity index (χ1n) is 11.3. The van der Waals surface area contributed by atoms with Gasteiger partial charge in [-0.15, -0.1) is 0 Å². The highest BCUT2D eigenvalue weighted by Gasteiger charge is 2.30. The average Bonchev–Trinajstić information content (AvgIpc) is 3.46. The normalized spacial score (nSPS) is 18.1. The summed E-state index contributed by atoms with van der Waals surface area (Å²) in [6.07, 6.45) is 4.28. The molecule has 2 heterocycles. The van der Waals surface area contributed by atoms with Gasteiger partial charge < -0.3 is 19.4 Å². The average molecular weight is 418 g/mol. The largest absolute Gasteiger partial charge is 0.444 e. The fourth-order valence-corrected chi connectivity index (χ4v) is 4.10. The van der Waals surface area contributed by atoms with E-state index in [0.29, 0.717) is 0 Å². The molecule has 0 N–H and O–H groups in total. The molecule has 2 fully saturated rings. The number of piperidine rings is 1. The Morgan fingerprint density at radius 2 is 1.63 bits per heavy atom. The van der Waals surface area contributed by atoms with Crippen LogP contribution >= 0.6 is 0 Å². The van der Waals surface area contributed by atoms with Crippen molar-refractivity contribution in [3.8, 4) is 0 Å². The van der Waals surface area contributed by atoms with E-state index in [4.69, 9.17) is 14.7 Å². The van der Waals surface area contributed by atoms with Gasteiger partial charge in [0.05, 0.1) is 0 Å². The lowest BCUT2D eigenvalue weighted by atomic mass is 10.0. The summed E-state index contributed by atoms with van der Waals surface area (Å²) in [4.78, 5) is 28.4. The number of hydrogen-bond acceptors (Lipinski definition) is 6. The van der Waals surface area contributed by atoms with Gasteiger partial charge in [0.1, 0.15) is 5.60 Å². The third-order valence-corrected chi connectivity index (χ3v) is 6.08. The number of aryl methyl sites for hydroxylation is 2. The Balaban J connectivity index is 1.58. The summed E-state index contributed by atoms with van der Waals surface area (Å²) in [5.74, 6) is 1.70. The number of carbonyl (C=O) groups is 1. The van der Waals surface area contributed by atoms with Gasteiger partial charge >= 0.3 is 6.09 Å². The number of ether oxygens (including phenoxy) is 1. The minimum Gasteiger partial charge on any atom is -0.444 e. The molecule has 30 heavy (non-hydrogen) atoms. The number of nitrogens with zero attached hydrogens (tertiary/aromatic N) is 5. The summed E-state index contributed by atoms with van der Waals surface area (Å²) in [5, 5.41) is 0. The summed E-state index contributed by atoms with van der Waals surface area (Å²) in [5.41, 5.74) is 2.94. The van der Waals surface area contributed by atoms with E-state index in [1.165, 1.54) is 24.9 Å². The van der Waals surface area contributed by atoms with Crippen molar-refractivity contribution in [3.05, 3.63) is 17.0 Å². The standard InChI is InChI=1S/C23H39N5O2/c1-16-20(15-26(6)14-18-8-9-18)17(2)25-21(24-16)28-12-10-19(11-13-28)27(7)22(29)30-23(3,4)5/h18-19H,8-15H2,1-7H3. The Hall–Kier alpha value is -1.89. The highest BCUT2D eigenvalue weighted by molar-refractivity contribution is 5.68. The van der Waals surface area contributed by atoms with Crippen molar-refractivity contribution in [1.29, 1.82) is 0 Å². The zero-order valence-electron chi connectivity index (χ0n) is 19.9. The predicted molar refractivity (Wildman–Crippen MR) is 120 cm³/mol. The molecule has 0 radical (unpaired) electrons. The van der Waals surface area contributed by atoms with Crippen LogP contribution < -0.4 is 4.90 Å². The Labute approximate surface area is 181 Å².